The van der Waals surface area contributed by atoms with Crippen molar-refractivity contribution in [1.82, 2.24) is 19.7 Å². The Morgan fingerprint density at radius 1 is 1.23 bits per heavy atom. The van der Waals surface area contributed by atoms with E-state index in [2.05, 4.69) is 28.8 Å². The van der Waals surface area contributed by atoms with Gasteiger partial charge in [0.25, 0.3) is 5.56 Å². The molecule has 2 heterocycles. The number of nitrogens with zero attached hydrogens (tertiary/aromatic N) is 4. The average Bonchev–Trinajstić information content (AvgIpc) is 2.98. The molecule has 26 heavy (non-hydrogen) atoms. The Balaban J connectivity index is 2.20. The molecule has 3 rings (SSSR count). The van der Waals surface area contributed by atoms with Crippen molar-refractivity contribution in [3.63, 3.8) is 0 Å². The molecule has 3 aromatic rings. The molecule has 0 amide bonds. The number of fused-ring (bicyclic) bond motifs is 1. The summed E-state index contributed by atoms with van der Waals surface area (Å²) in [6, 6.07) is 7.90. The lowest BCUT2D eigenvalue weighted by Gasteiger charge is -2.21. The first-order valence-corrected chi connectivity index (χ1v) is 9.10. The van der Waals surface area contributed by atoms with Gasteiger partial charge in [-0.2, -0.15) is 5.10 Å². The molecule has 0 spiro atoms. The second-order valence-electron chi connectivity index (χ2n) is 6.45. The Kier molecular flexibility index (Phi) is 5.37. The molecule has 1 aromatic carbocycles. The van der Waals surface area contributed by atoms with Crippen molar-refractivity contribution in [2.45, 2.75) is 33.2 Å². The molecule has 0 aliphatic rings. The van der Waals surface area contributed by atoms with E-state index in [1.165, 1.54) is 0 Å². The third kappa shape index (κ3) is 3.35. The van der Waals surface area contributed by atoms with Gasteiger partial charge in [0.05, 0.1) is 0 Å². The van der Waals surface area contributed by atoms with Gasteiger partial charge in [-0.25, -0.2) is 4.98 Å². The van der Waals surface area contributed by atoms with Gasteiger partial charge in [0.2, 0.25) is 5.95 Å². The van der Waals surface area contributed by atoms with Crippen LogP contribution in [-0.2, 0) is 13.6 Å². The fraction of sp³-hybridized carbons (Fsp3) is 0.421. The molecule has 0 aliphatic heterocycles. The molecule has 0 saturated heterocycles. The molecular formula is C19H26N6O. The molecule has 0 fully saturated rings. The van der Waals surface area contributed by atoms with Crippen LogP contribution >= 0.6 is 0 Å². The summed E-state index contributed by atoms with van der Waals surface area (Å²) in [5, 5.41) is 4.56. The number of aromatic nitrogens is 4. The van der Waals surface area contributed by atoms with Gasteiger partial charge in [-0.3, -0.25) is 14.5 Å². The molecule has 3 N–H and O–H groups in total. The van der Waals surface area contributed by atoms with Gasteiger partial charge >= 0.3 is 0 Å². The smallest absolute Gasteiger partial charge is 0.278 e. The van der Waals surface area contributed by atoms with Gasteiger partial charge in [-0.1, -0.05) is 32.0 Å². The summed E-state index contributed by atoms with van der Waals surface area (Å²) in [6.07, 6.45) is 1.97. The fourth-order valence-electron chi connectivity index (χ4n) is 3.22. The monoisotopic (exact) mass is 354 g/mol. The molecule has 7 nitrogen and oxygen atoms in total. The molecule has 0 aliphatic carbocycles. The highest BCUT2D eigenvalue weighted by Gasteiger charge is 2.18. The molecular weight excluding hydrogens is 328 g/mol. The number of anilines is 1. The molecule has 0 saturated carbocycles. The third-order valence-electron chi connectivity index (χ3n) is 4.40. The first-order valence-electron chi connectivity index (χ1n) is 9.10. The molecule has 7 heteroatoms. The van der Waals surface area contributed by atoms with E-state index in [0.29, 0.717) is 29.2 Å². The summed E-state index contributed by atoms with van der Waals surface area (Å²) in [5.41, 5.74) is 9.34. The van der Waals surface area contributed by atoms with Crippen molar-refractivity contribution in [3.8, 4) is 11.3 Å². The van der Waals surface area contributed by atoms with Crippen LogP contribution in [0.1, 0.15) is 32.3 Å². The van der Waals surface area contributed by atoms with Gasteiger partial charge in [0.1, 0.15) is 11.2 Å². The summed E-state index contributed by atoms with van der Waals surface area (Å²) in [7, 11) is 1.77. The van der Waals surface area contributed by atoms with E-state index in [-0.39, 0.29) is 5.56 Å². The maximum atomic E-state index is 12.7. The van der Waals surface area contributed by atoms with Gasteiger partial charge in [0, 0.05) is 32.2 Å². The standard InChI is InChI=1S/C19H26N6O/c1-4-9-25(10-5-2)19-21-16-15(14-8-6-7-13(11-14)12-20)23-24(3)17(16)18(26)22-19/h6-8,11H,4-5,9-10,12,20H2,1-3H3,(H,21,22,26). The molecule has 0 unspecified atom stereocenters. The minimum Gasteiger partial charge on any atom is -0.342 e. The Bertz CT molecular complexity index is 952. The molecule has 138 valence electrons. The van der Waals surface area contributed by atoms with E-state index in [4.69, 9.17) is 10.7 Å². The Morgan fingerprint density at radius 2 is 1.96 bits per heavy atom. The quantitative estimate of drug-likeness (QED) is 0.680. The summed E-state index contributed by atoms with van der Waals surface area (Å²) in [5.74, 6) is 0.607. The predicted octanol–water partition coefficient (Wildman–Crippen LogP) is 2.41. The molecule has 0 atom stereocenters. The lowest BCUT2D eigenvalue weighted by Crippen LogP contribution is -2.29. The topological polar surface area (TPSA) is 92.8 Å². The highest BCUT2D eigenvalue weighted by Crippen LogP contribution is 2.26. The van der Waals surface area contributed by atoms with Crippen LogP contribution in [0.25, 0.3) is 22.3 Å². The van der Waals surface area contributed by atoms with Gasteiger partial charge < -0.3 is 10.6 Å². The van der Waals surface area contributed by atoms with Crippen LogP contribution in [0.15, 0.2) is 29.1 Å². The minimum absolute atomic E-state index is 0.168. The van der Waals surface area contributed by atoms with Crippen LogP contribution < -0.4 is 16.2 Å². The second kappa shape index (κ2) is 7.70. The number of aryl methyl sites for hydroxylation is 1. The number of aromatic amines is 1. The minimum atomic E-state index is -0.168. The summed E-state index contributed by atoms with van der Waals surface area (Å²) in [4.78, 5) is 22.5. The van der Waals surface area contributed by atoms with Crippen molar-refractivity contribution in [3.05, 3.63) is 40.2 Å². The van der Waals surface area contributed by atoms with Crippen LogP contribution in [-0.4, -0.2) is 32.8 Å². The summed E-state index contributed by atoms with van der Waals surface area (Å²) >= 11 is 0. The number of hydrogen-bond donors (Lipinski definition) is 2. The first-order chi connectivity index (χ1) is 12.6. The fourth-order valence-corrected chi connectivity index (χ4v) is 3.22. The summed E-state index contributed by atoms with van der Waals surface area (Å²) < 4.78 is 1.60. The Labute approximate surface area is 152 Å². The van der Waals surface area contributed by atoms with Crippen molar-refractivity contribution in [2.24, 2.45) is 12.8 Å². The van der Waals surface area contributed by atoms with Gasteiger partial charge in [-0.05, 0) is 24.5 Å². The third-order valence-corrected chi connectivity index (χ3v) is 4.40. The van der Waals surface area contributed by atoms with E-state index in [1.807, 2.05) is 24.3 Å². The van der Waals surface area contributed by atoms with E-state index in [1.54, 1.807) is 11.7 Å². The van der Waals surface area contributed by atoms with E-state index >= 15 is 0 Å². The number of rotatable bonds is 7. The highest BCUT2D eigenvalue weighted by atomic mass is 16.1. The second-order valence-corrected chi connectivity index (χ2v) is 6.45. The molecule has 2 aromatic heterocycles. The Hall–Kier alpha value is -2.67. The van der Waals surface area contributed by atoms with Crippen LogP contribution in [0.4, 0.5) is 5.95 Å². The van der Waals surface area contributed by atoms with E-state index in [9.17, 15) is 4.79 Å². The summed E-state index contributed by atoms with van der Waals surface area (Å²) in [6.45, 7) is 6.39. The van der Waals surface area contributed by atoms with Crippen LogP contribution in [0.5, 0.6) is 0 Å². The number of H-pyrrole nitrogens is 1. The van der Waals surface area contributed by atoms with Crippen molar-refractivity contribution >= 4 is 17.0 Å². The largest absolute Gasteiger partial charge is 0.342 e. The highest BCUT2D eigenvalue weighted by molar-refractivity contribution is 5.90. The van der Waals surface area contributed by atoms with Crippen LogP contribution in [0.2, 0.25) is 0 Å². The zero-order valence-corrected chi connectivity index (χ0v) is 15.6. The number of nitrogens with one attached hydrogen (secondary N) is 1. The van der Waals surface area contributed by atoms with Crippen molar-refractivity contribution in [2.75, 3.05) is 18.0 Å². The predicted molar refractivity (Wildman–Crippen MR) is 105 cm³/mol. The zero-order valence-electron chi connectivity index (χ0n) is 15.6. The van der Waals surface area contributed by atoms with Gasteiger partial charge in [0.15, 0.2) is 5.52 Å². The number of nitrogens with two attached hydrogens (primary N) is 1. The lowest BCUT2D eigenvalue weighted by atomic mass is 10.1. The Morgan fingerprint density at radius 3 is 2.62 bits per heavy atom. The maximum absolute atomic E-state index is 12.7. The van der Waals surface area contributed by atoms with Gasteiger partial charge in [-0.15, -0.1) is 0 Å². The SMILES string of the molecule is CCCN(CCC)c1nc2c(-c3cccc(CN)c3)nn(C)c2c(=O)[nH]1. The van der Waals surface area contributed by atoms with Crippen molar-refractivity contribution < 1.29 is 0 Å². The lowest BCUT2D eigenvalue weighted by molar-refractivity contribution is 0.721. The van der Waals surface area contributed by atoms with Crippen LogP contribution in [0.3, 0.4) is 0 Å². The van der Waals surface area contributed by atoms with Crippen molar-refractivity contribution in [1.29, 1.82) is 0 Å². The number of hydrogen-bond acceptors (Lipinski definition) is 5. The van der Waals surface area contributed by atoms with Crippen LogP contribution in [0, 0.1) is 0 Å². The molecule has 0 bridgehead atoms. The average molecular weight is 354 g/mol. The number of benzene rings is 1. The van der Waals surface area contributed by atoms with E-state index < -0.39 is 0 Å². The normalized spacial score (nSPS) is 11.2. The maximum Gasteiger partial charge on any atom is 0.278 e. The van der Waals surface area contributed by atoms with E-state index in [0.717, 1.165) is 37.1 Å². The first kappa shape index (κ1) is 18.1. The molecule has 0 radical (unpaired) electrons. The zero-order chi connectivity index (χ0) is 18.7.